The third kappa shape index (κ3) is 2.54. The molecule has 2 heterocycles. The van der Waals surface area contributed by atoms with Crippen molar-refractivity contribution in [1.82, 2.24) is 0 Å². The molecule has 25 heavy (non-hydrogen) atoms. The van der Waals surface area contributed by atoms with Crippen molar-refractivity contribution in [2.24, 2.45) is 0 Å². The number of ether oxygens (including phenoxy) is 1. The van der Waals surface area contributed by atoms with Crippen molar-refractivity contribution >= 4 is 11.6 Å². The van der Waals surface area contributed by atoms with E-state index in [4.69, 9.17) is 9.15 Å². The van der Waals surface area contributed by atoms with Crippen LogP contribution in [0.5, 0.6) is 0 Å². The van der Waals surface area contributed by atoms with Crippen LogP contribution in [0.15, 0.2) is 65.1 Å². The highest BCUT2D eigenvalue weighted by molar-refractivity contribution is 5.90. The molecule has 0 bridgehead atoms. The van der Waals surface area contributed by atoms with E-state index in [0.717, 1.165) is 36.3 Å². The summed E-state index contributed by atoms with van der Waals surface area (Å²) in [7, 11) is 0. The first kappa shape index (κ1) is 14.7. The molecule has 0 fully saturated rings. The van der Waals surface area contributed by atoms with E-state index in [-0.39, 0.29) is 6.10 Å². The Balaban J connectivity index is 1.72. The van der Waals surface area contributed by atoms with Crippen LogP contribution < -0.4 is 0 Å². The van der Waals surface area contributed by atoms with E-state index in [1.807, 2.05) is 12.1 Å². The van der Waals surface area contributed by atoms with Crippen LogP contribution >= 0.6 is 0 Å². The second-order valence-electron chi connectivity index (χ2n) is 6.78. The number of aryl methyl sites for hydroxylation is 1. The molecule has 2 heteroatoms. The van der Waals surface area contributed by atoms with E-state index in [0.29, 0.717) is 6.61 Å². The summed E-state index contributed by atoms with van der Waals surface area (Å²) in [6.07, 6.45) is 5.66. The van der Waals surface area contributed by atoms with E-state index in [2.05, 4.69) is 54.6 Å². The largest absolute Gasteiger partial charge is 0.460 e. The second-order valence-corrected chi connectivity index (χ2v) is 6.78. The molecule has 0 N–H and O–H groups in total. The summed E-state index contributed by atoms with van der Waals surface area (Å²) in [5.74, 6) is 2.12. The van der Waals surface area contributed by atoms with Crippen LogP contribution in [0.3, 0.4) is 0 Å². The monoisotopic (exact) mass is 328 g/mol. The van der Waals surface area contributed by atoms with Gasteiger partial charge in [0.25, 0.3) is 0 Å². The third-order valence-corrected chi connectivity index (χ3v) is 5.15. The zero-order valence-electron chi connectivity index (χ0n) is 14.1. The van der Waals surface area contributed by atoms with Crippen molar-refractivity contribution in [3.05, 3.63) is 83.1 Å². The van der Waals surface area contributed by atoms with Crippen LogP contribution in [0.1, 0.15) is 41.4 Å². The lowest BCUT2D eigenvalue weighted by Crippen LogP contribution is -2.19. The van der Waals surface area contributed by atoms with Gasteiger partial charge in [0.1, 0.15) is 11.5 Å². The van der Waals surface area contributed by atoms with Gasteiger partial charge in [0, 0.05) is 23.1 Å². The van der Waals surface area contributed by atoms with E-state index >= 15 is 0 Å². The van der Waals surface area contributed by atoms with Crippen molar-refractivity contribution in [2.45, 2.75) is 25.4 Å². The topological polar surface area (TPSA) is 22.4 Å². The minimum Gasteiger partial charge on any atom is -0.460 e. The summed E-state index contributed by atoms with van der Waals surface area (Å²) >= 11 is 0. The number of rotatable bonds is 2. The first-order valence-corrected chi connectivity index (χ1v) is 8.99. The van der Waals surface area contributed by atoms with Gasteiger partial charge in [-0.15, -0.1) is 0 Å². The van der Waals surface area contributed by atoms with Gasteiger partial charge in [0.2, 0.25) is 0 Å². The lowest BCUT2D eigenvalue weighted by molar-refractivity contribution is 0.0568. The number of hydrogen-bond acceptors (Lipinski definition) is 2. The average molecular weight is 328 g/mol. The van der Waals surface area contributed by atoms with Gasteiger partial charge >= 0.3 is 0 Å². The van der Waals surface area contributed by atoms with Crippen molar-refractivity contribution in [1.29, 1.82) is 0 Å². The highest BCUT2D eigenvalue weighted by Gasteiger charge is 2.35. The van der Waals surface area contributed by atoms with Crippen molar-refractivity contribution in [3.63, 3.8) is 0 Å². The lowest BCUT2D eigenvalue weighted by atomic mass is 9.85. The third-order valence-electron chi connectivity index (χ3n) is 5.15. The Bertz CT molecular complexity index is 919. The molecule has 124 valence electrons. The minimum absolute atomic E-state index is 0.188. The minimum atomic E-state index is 0.188. The highest BCUT2D eigenvalue weighted by Crippen LogP contribution is 2.48. The molecule has 3 aromatic rings. The van der Waals surface area contributed by atoms with Gasteiger partial charge in [-0.05, 0) is 30.1 Å². The SMILES string of the molecule is C(=C1/COC2CCCc3oc(-c4ccccc4)c1c32)/c1ccccc1. The summed E-state index contributed by atoms with van der Waals surface area (Å²) in [4.78, 5) is 0. The quantitative estimate of drug-likeness (QED) is 0.585. The van der Waals surface area contributed by atoms with Crippen LogP contribution in [0.4, 0.5) is 0 Å². The molecule has 1 aromatic heterocycles. The van der Waals surface area contributed by atoms with Gasteiger partial charge < -0.3 is 9.15 Å². The molecule has 0 radical (unpaired) electrons. The molecule has 1 unspecified atom stereocenters. The molecule has 0 amide bonds. The van der Waals surface area contributed by atoms with Crippen molar-refractivity contribution < 1.29 is 9.15 Å². The molecule has 2 aliphatic rings. The van der Waals surface area contributed by atoms with Crippen LogP contribution in [-0.2, 0) is 11.2 Å². The molecule has 0 saturated heterocycles. The smallest absolute Gasteiger partial charge is 0.142 e. The van der Waals surface area contributed by atoms with Crippen molar-refractivity contribution in [3.8, 4) is 11.3 Å². The highest BCUT2D eigenvalue weighted by atomic mass is 16.5. The summed E-state index contributed by atoms with van der Waals surface area (Å²) in [6, 6.07) is 20.9. The van der Waals surface area contributed by atoms with Crippen LogP contribution in [-0.4, -0.2) is 6.61 Å². The molecule has 1 aliphatic heterocycles. The van der Waals surface area contributed by atoms with Gasteiger partial charge in [-0.25, -0.2) is 0 Å². The van der Waals surface area contributed by atoms with Gasteiger partial charge in [-0.3, -0.25) is 0 Å². The maximum Gasteiger partial charge on any atom is 0.142 e. The molecular formula is C23H20O2. The predicted octanol–water partition coefficient (Wildman–Crippen LogP) is 5.89. The maximum atomic E-state index is 6.37. The Morgan fingerprint density at radius 1 is 0.920 bits per heavy atom. The first-order valence-electron chi connectivity index (χ1n) is 8.99. The fraction of sp³-hybridized carbons (Fsp3) is 0.217. The molecule has 2 nitrogen and oxygen atoms in total. The average Bonchev–Trinajstić information content (AvgIpc) is 3.07. The van der Waals surface area contributed by atoms with Gasteiger partial charge in [0.05, 0.1) is 12.7 Å². The molecular weight excluding hydrogens is 308 g/mol. The summed E-state index contributed by atoms with van der Waals surface area (Å²) in [5, 5.41) is 0. The van der Waals surface area contributed by atoms with E-state index in [1.165, 1.54) is 22.3 Å². The Kier molecular flexibility index (Phi) is 3.57. The van der Waals surface area contributed by atoms with Crippen LogP contribution in [0, 0.1) is 0 Å². The summed E-state index contributed by atoms with van der Waals surface area (Å²) < 4.78 is 12.6. The van der Waals surface area contributed by atoms with Crippen LogP contribution in [0.25, 0.3) is 23.0 Å². The number of benzene rings is 2. The summed E-state index contributed by atoms with van der Waals surface area (Å²) in [5.41, 5.74) is 6.11. The fourth-order valence-electron chi connectivity index (χ4n) is 4.01. The summed E-state index contributed by atoms with van der Waals surface area (Å²) in [6.45, 7) is 0.644. The fourth-order valence-corrected chi connectivity index (χ4v) is 4.01. The standard InChI is InChI=1S/C23H20O2/c1-3-8-16(9-4-1)14-18-15-24-19-12-7-13-20-22(19)21(18)23(25-20)17-10-5-2-6-11-17/h1-6,8-11,14,19H,7,12-13,15H2/b18-14+. The van der Waals surface area contributed by atoms with Crippen LogP contribution in [0.2, 0.25) is 0 Å². The zero-order valence-corrected chi connectivity index (χ0v) is 14.1. The Morgan fingerprint density at radius 3 is 2.48 bits per heavy atom. The molecule has 0 spiro atoms. The van der Waals surface area contributed by atoms with Gasteiger partial charge in [-0.1, -0.05) is 60.7 Å². The molecule has 2 aromatic carbocycles. The maximum absolute atomic E-state index is 6.37. The molecule has 1 aliphatic carbocycles. The van der Waals surface area contributed by atoms with Gasteiger partial charge in [0.15, 0.2) is 0 Å². The Labute approximate surface area is 147 Å². The molecule has 1 atom stereocenters. The predicted molar refractivity (Wildman–Crippen MR) is 100 cm³/mol. The van der Waals surface area contributed by atoms with Crippen molar-refractivity contribution in [2.75, 3.05) is 6.61 Å². The number of hydrogen-bond donors (Lipinski definition) is 0. The molecule has 0 saturated carbocycles. The number of furan rings is 1. The van der Waals surface area contributed by atoms with E-state index in [1.54, 1.807) is 0 Å². The van der Waals surface area contributed by atoms with E-state index in [9.17, 15) is 0 Å². The Hall–Kier alpha value is -2.58. The first-order chi connectivity index (χ1) is 12.4. The van der Waals surface area contributed by atoms with Gasteiger partial charge in [-0.2, -0.15) is 0 Å². The zero-order chi connectivity index (χ0) is 16.6. The normalized spacial score (nSPS) is 20.5. The lowest BCUT2D eigenvalue weighted by Gasteiger charge is -2.29. The second kappa shape index (κ2) is 6.05. The van der Waals surface area contributed by atoms with E-state index < -0.39 is 0 Å². The molecule has 5 rings (SSSR count). The Morgan fingerprint density at radius 2 is 1.68 bits per heavy atom.